The molecule has 1 amide bonds. The number of nitrogen functional groups attached to an aromatic ring is 1. The largest absolute Gasteiger partial charge is 0.453 e. The molecule has 0 fully saturated rings. The summed E-state index contributed by atoms with van der Waals surface area (Å²) >= 11 is 0. The van der Waals surface area contributed by atoms with E-state index in [0.29, 0.717) is 16.9 Å². The van der Waals surface area contributed by atoms with Gasteiger partial charge in [-0.3, -0.25) is 4.79 Å². The quantitative estimate of drug-likeness (QED) is 0.217. The number of carbonyl (C=O) groups excluding carboxylic acids is 1. The number of aliphatic hydroxyl groups is 1. The van der Waals surface area contributed by atoms with Crippen LogP contribution in [0.25, 0.3) is 0 Å². The summed E-state index contributed by atoms with van der Waals surface area (Å²) in [4.78, 5) is 12.5. The highest BCUT2D eigenvalue weighted by Crippen LogP contribution is 2.33. The first kappa shape index (κ1) is 25.3. The topological polar surface area (TPSA) is 124 Å². The standard InChI is InChI=1S/C26H23F2N5O4/c27-26(28)37-22-12-11-17(13-23(22)36-19-9-5-2-6-10-19)15-30-31-25(35)20-14-24(29)33(32-20)16-21(34)18-7-3-1-4-8-18/h1-15,21,26,34H,16,29H2,(H,31,35)/b30-15+. The summed E-state index contributed by atoms with van der Waals surface area (Å²) in [5.41, 5.74) is 9.42. The predicted octanol–water partition coefficient (Wildman–Crippen LogP) is 4.36. The highest BCUT2D eigenvalue weighted by Gasteiger charge is 2.16. The summed E-state index contributed by atoms with van der Waals surface area (Å²) in [5.74, 6) is -0.116. The Bertz CT molecular complexity index is 1360. The van der Waals surface area contributed by atoms with E-state index in [1.807, 2.05) is 6.07 Å². The van der Waals surface area contributed by atoms with E-state index in [9.17, 15) is 18.7 Å². The van der Waals surface area contributed by atoms with Crippen molar-refractivity contribution >= 4 is 17.9 Å². The fourth-order valence-electron chi connectivity index (χ4n) is 3.35. The number of rotatable bonds is 10. The van der Waals surface area contributed by atoms with Crippen LogP contribution in [-0.4, -0.2) is 33.6 Å². The van der Waals surface area contributed by atoms with E-state index in [-0.39, 0.29) is 29.6 Å². The number of carbonyl (C=O) groups is 1. The third-order valence-electron chi connectivity index (χ3n) is 5.11. The number of alkyl halides is 2. The van der Waals surface area contributed by atoms with E-state index in [2.05, 4.69) is 20.4 Å². The van der Waals surface area contributed by atoms with Crippen molar-refractivity contribution < 1.29 is 28.2 Å². The van der Waals surface area contributed by atoms with Crippen LogP contribution < -0.4 is 20.6 Å². The number of halogens is 2. The Morgan fingerprint density at radius 2 is 1.76 bits per heavy atom. The molecule has 1 atom stereocenters. The fourth-order valence-corrected chi connectivity index (χ4v) is 3.35. The Kier molecular flexibility index (Phi) is 8.06. The lowest BCUT2D eigenvalue weighted by Crippen LogP contribution is -2.19. The number of para-hydroxylation sites is 1. The Morgan fingerprint density at radius 3 is 2.46 bits per heavy atom. The third kappa shape index (κ3) is 6.89. The lowest BCUT2D eigenvalue weighted by molar-refractivity contribution is -0.0510. The molecule has 0 radical (unpaired) electrons. The first-order valence-corrected chi connectivity index (χ1v) is 11.1. The highest BCUT2D eigenvalue weighted by atomic mass is 19.3. The van der Waals surface area contributed by atoms with Gasteiger partial charge in [0.15, 0.2) is 17.2 Å². The normalized spacial score (nSPS) is 12.0. The van der Waals surface area contributed by atoms with Crippen molar-refractivity contribution in [3.05, 3.63) is 102 Å². The number of benzene rings is 3. The fraction of sp³-hybridized carbons (Fsp3) is 0.115. The van der Waals surface area contributed by atoms with Crippen LogP contribution >= 0.6 is 0 Å². The van der Waals surface area contributed by atoms with Gasteiger partial charge in [-0.1, -0.05) is 48.5 Å². The molecule has 4 aromatic rings. The monoisotopic (exact) mass is 507 g/mol. The molecular formula is C26H23F2N5O4. The van der Waals surface area contributed by atoms with Gasteiger partial charge in [-0.2, -0.15) is 19.0 Å². The van der Waals surface area contributed by atoms with Crippen LogP contribution in [0, 0.1) is 0 Å². The molecule has 0 bridgehead atoms. The Balaban J connectivity index is 1.42. The molecule has 190 valence electrons. The molecule has 0 aliphatic heterocycles. The molecular weight excluding hydrogens is 484 g/mol. The minimum absolute atomic E-state index is 0.00342. The molecule has 0 saturated heterocycles. The van der Waals surface area contributed by atoms with Gasteiger partial charge in [0.2, 0.25) is 0 Å². The minimum Gasteiger partial charge on any atom is -0.453 e. The first-order valence-electron chi connectivity index (χ1n) is 11.1. The van der Waals surface area contributed by atoms with Crippen LogP contribution in [0.3, 0.4) is 0 Å². The van der Waals surface area contributed by atoms with E-state index in [1.54, 1.807) is 54.6 Å². The van der Waals surface area contributed by atoms with Crippen molar-refractivity contribution in [2.24, 2.45) is 5.10 Å². The molecule has 0 aliphatic rings. The van der Waals surface area contributed by atoms with E-state index < -0.39 is 18.6 Å². The molecule has 0 spiro atoms. The SMILES string of the molecule is Nc1cc(C(=O)N/N=C/c2ccc(OC(F)F)c(Oc3ccccc3)c2)nn1CC(O)c1ccccc1. The second-order valence-corrected chi connectivity index (χ2v) is 7.76. The number of hydrogen-bond donors (Lipinski definition) is 3. The van der Waals surface area contributed by atoms with Gasteiger partial charge in [-0.05, 0) is 41.5 Å². The van der Waals surface area contributed by atoms with Crippen molar-refractivity contribution in [3.8, 4) is 17.2 Å². The van der Waals surface area contributed by atoms with Gasteiger partial charge in [-0.25, -0.2) is 10.1 Å². The summed E-state index contributed by atoms with van der Waals surface area (Å²) in [6.45, 7) is -2.97. The van der Waals surface area contributed by atoms with Crippen molar-refractivity contribution in [1.29, 1.82) is 0 Å². The lowest BCUT2D eigenvalue weighted by Gasteiger charge is -2.12. The summed E-state index contributed by atoms with van der Waals surface area (Å²) in [6, 6.07) is 23.2. The van der Waals surface area contributed by atoms with Gasteiger partial charge in [0.1, 0.15) is 11.6 Å². The predicted molar refractivity (Wildman–Crippen MR) is 133 cm³/mol. The highest BCUT2D eigenvalue weighted by molar-refractivity contribution is 5.93. The van der Waals surface area contributed by atoms with Crippen LogP contribution in [0.15, 0.2) is 90.0 Å². The molecule has 37 heavy (non-hydrogen) atoms. The summed E-state index contributed by atoms with van der Waals surface area (Å²) < 4.78 is 37.1. The number of nitrogens with one attached hydrogen (secondary N) is 1. The number of amides is 1. The maximum atomic E-state index is 12.8. The summed E-state index contributed by atoms with van der Waals surface area (Å²) in [5, 5.41) is 18.4. The Morgan fingerprint density at radius 1 is 1.05 bits per heavy atom. The van der Waals surface area contributed by atoms with Crippen molar-refractivity contribution in [2.45, 2.75) is 19.3 Å². The molecule has 1 aromatic heterocycles. The first-order chi connectivity index (χ1) is 17.9. The van der Waals surface area contributed by atoms with E-state index in [0.717, 1.165) is 0 Å². The average Bonchev–Trinajstić information content (AvgIpc) is 3.26. The molecule has 4 rings (SSSR count). The van der Waals surface area contributed by atoms with Crippen molar-refractivity contribution in [1.82, 2.24) is 15.2 Å². The minimum atomic E-state index is -3.03. The number of ether oxygens (including phenoxy) is 2. The molecule has 4 N–H and O–H groups in total. The second-order valence-electron chi connectivity index (χ2n) is 7.76. The van der Waals surface area contributed by atoms with Gasteiger partial charge in [0.25, 0.3) is 5.91 Å². The molecule has 1 unspecified atom stereocenters. The number of aliphatic hydroxyl groups excluding tert-OH is 1. The second kappa shape index (κ2) is 11.8. The zero-order valence-electron chi connectivity index (χ0n) is 19.4. The van der Waals surface area contributed by atoms with Crippen LogP contribution in [0.4, 0.5) is 14.6 Å². The molecule has 0 aliphatic carbocycles. The van der Waals surface area contributed by atoms with Crippen LogP contribution in [0.5, 0.6) is 17.2 Å². The van der Waals surface area contributed by atoms with Gasteiger partial charge in [-0.15, -0.1) is 0 Å². The number of nitrogens with zero attached hydrogens (tertiary/aromatic N) is 3. The Labute approximate surface area is 210 Å². The van der Waals surface area contributed by atoms with Crippen LogP contribution in [0.1, 0.15) is 27.7 Å². The van der Waals surface area contributed by atoms with E-state index >= 15 is 0 Å². The molecule has 3 aromatic carbocycles. The van der Waals surface area contributed by atoms with Crippen molar-refractivity contribution in [2.75, 3.05) is 5.73 Å². The van der Waals surface area contributed by atoms with Gasteiger partial charge in [0.05, 0.1) is 18.9 Å². The third-order valence-corrected chi connectivity index (χ3v) is 5.11. The van der Waals surface area contributed by atoms with Crippen LogP contribution in [0.2, 0.25) is 0 Å². The summed E-state index contributed by atoms with van der Waals surface area (Å²) in [6.07, 6.45) is 0.447. The summed E-state index contributed by atoms with van der Waals surface area (Å²) in [7, 11) is 0. The van der Waals surface area contributed by atoms with Crippen molar-refractivity contribution in [3.63, 3.8) is 0 Å². The van der Waals surface area contributed by atoms with E-state index in [4.69, 9.17) is 10.5 Å². The number of aromatic nitrogens is 2. The zero-order valence-corrected chi connectivity index (χ0v) is 19.4. The number of anilines is 1. The molecule has 9 nitrogen and oxygen atoms in total. The lowest BCUT2D eigenvalue weighted by atomic mass is 10.1. The number of hydrogen-bond acceptors (Lipinski definition) is 7. The number of hydrazone groups is 1. The number of nitrogens with two attached hydrogens (primary N) is 1. The molecule has 0 saturated carbocycles. The molecule has 11 heteroatoms. The van der Waals surface area contributed by atoms with Crippen LogP contribution in [-0.2, 0) is 6.54 Å². The van der Waals surface area contributed by atoms with Gasteiger partial charge < -0.3 is 20.3 Å². The average molecular weight is 507 g/mol. The van der Waals surface area contributed by atoms with Gasteiger partial charge in [0, 0.05) is 6.07 Å². The Hall–Kier alpha value is -4.77. The smallest absolute Gasteiger partial charge is 0.387 e. The van der Waals surface area contributed by atoms with E-state index in [1.165, 1.54) is 35.2 Å². The zero-order chi connectivity index (χ0) is 26.2. The van der Waals surface area contributed by atoms with Gasteiger partial charge >= 0.3 is 6.61 Å². The maximum absolute atomic E-state index is 12.8. The maximum Gasteiger partial charge on any atom is 0.387 e. The molecule has 1 heterocycles.